The number of likely N-dealkylation sites (tertiary alicyclic amines) is 1. The first-order valence-corrected chi connectivity index (χ1v) is 8.26. The zero-order chi connectivity index (χ0) is 14.3. The number of nitrogens with zero attached hydrogens (tertiary/aromatic N) is 2. The van der Waals surface area contributed by atoms with Crippen molar-refractivity contribution in [1.29, 1.82) is 0 Å². The molecule has 0 aromatic heterocycles. The van der Waals surface area contributed by atoms with E-state index in [1.54, 1.807) is 0 Å². The van der Waals surface area contributed by atoms with Crippen LogP contribution in [0.25, 0.3) is 0 Å². The first kappa shape index (κ1) is 16.9. The van der Waals surface area contributed by atoms with Gasteiger partial charge < -0.3 is 10.2 Å². The lowest BCUT2D eigenvalue weighted by Gasteiger charge is -2.34. The summed E-state index contributed by atoms with van der Waals surface area (Å²) in [6.45, 7) is 17.6. The predicted molar refractivity (Wildman–Crippen MR) is 84.7 cm³/mol. The second kappa shape index (κ2) is 8.93. The third-order valence-electron chi connectivity index (χ3n) is 4.26. The lowest BCUT2D eigenvalue weighted by molar-refractivity contribution is 0.163. The number of nitrogens with one attached hydrogen (secondary N) is 1. The van der Waals surface area contributed by atoms with Crippen LogP contribution in [0, 0.1) is 0 Å². The minimum atomic E-state index is 0.646. The van der Waals surface area contributed by atoms with E-state index in [2.05, 4.69) is 49.7 Å². The molecule has 0 radical (unpaired) electrons. The van der Waals surface area contributed by atoms with Crippen molar-refractivity contribution in [2.45, 2.75) is 72.0 Å². The summed E-state index contributed by atoms with van der Waals surface area (Å²) < 4.78 is 0. The summed E-state index contributed by atoms with van der Waals surface area (Å²) in [6.07, 6.45) is 3.93. The average molecular weight is 269 g/mol. The molecule has 3 nitrogen and oxygen atoms in total. The minimum Gasteiger partial charge on any atom is -0.313 e. The second-order valence-corrected chi connectivity index (χ2v) is 6.50. The molecule has 0 unspecified atom stereocenters. The standard InChI is InChI=1S/C16H35N3/c1-6-10-18-11-7-16(8-12-18)17-9-13-19(14(2)3)15(4)5/h14-17H,6-13H2,1-5H3. The van der Waals surface area contributed by atoms with E-state index < -0.39 is 0 Å². The van der Waals surface area contributed by atoms with Gasteiger partial charge in [0.2, 0.25) is 0 Å². The Morgan fingerprint density at radius 2 is 1.68 bits per heavy atom. The van der Waals surface area contributed by atoms with Crippen molar-refractivity contribution in [3.8, 4) is 0 Å². The highest BCUT2D eigenvalue weighted by Gasteiger charge is 2.18. The average Bonchev–Trinajstić information content (AvgIpc) is 2.36. The molecule has 0 saturated carbocycles. The van der Waals surface area contributed by atoms with Gasteiger partial charge in [-0.3, -0.25) is 4.90 Å². The summed E-state index contributed by atoms with van der Waals surface area (Å²) in [5, 5.41) is 3.76. The second-order valence-electron chi connectivity index (χ2n) is 6.50. The zero-order valence-electron chi connectivity index (χ0n) is 13.8. The highest BCUT2D eigenvalue weighted by molar-refractivity contribution is 4.78. The van der Waals surface area contributed by atoms with Gasteiger partial charge in [-0.1, -0.05) is 6.92 Å². The maximum Gasteiger partial charge on any atom is 0.0112 e. The summed E-state index contributed by atoms with van der Waals surface area (Å²) in [4.78, 5) is 5.17. The third kappa shape index (κ3) is 6.24. The minimum absolute atomic E-state index is 0.646. The smallest absolute Gasteiger partial charge is 0.0112 e. The van der Waals surface area contributed by atoms with Crippen LogP contribution in [0.2, 0.25) is 0 Å². The van der Waals surface area contributed by atoms with Gasteiger partial charge in [0.15, 0.2) is 0 Å². The Morgan fingerprint density at radius 1 is 1.11 bits per heavy atom. The quantitative estimate of drug-likeness (QED) is 0.730. The van der Waals surface area contributed by atoms with Crippen molar-refractivity contribution >= 4 is 0 Å². The normalized spacial score (nSPS) is 18.9. The molecule has 0 amide bonds. The summed E-state index contributed by atoms with van der Waals surface area (Å²) in [7, 11) is 0. The Balaban J connectivity index is 2.16. The molecule has 114 valence electrons. The molecule has 0 aromatic carbocycles. The van der Waals surface area contributed by atoms with Crippen molar-refractivity contribution in [1.82, 2.24) is 15.1 Å². The molecule has 3 heteroatoms. The Labute approximate surface area is 120 Å². The zero-order valence-corrected chi connectivity index (χ0v) is 13.8. The Morgan fingerprint density at radius 3 is 2.16 bits per heavy atom. The molecule has 0 aliphatic carbocycles. The largest absolute Gasteiger partial charge is 0.313 e. The van der Waals surface area contributed by atoms with Crippen molar-refractivity contribution in [2.24, 2.45) is 0 Å². The first-order chi connectivity index (χ1) is 9.04. The Bertz CT molecular complexity index is 212. The topological polar surface area (TPSA) is 18.5 Å². The van der Waals surface area contributed by atoms with Crippen LogP contribution in [0.5, 0.6) is 0 Å². The fourth-order valence-corrected chi connectivity index (χ4v) is 3.19. The summed E-state index contributed by atoms with van der Waals surface area (Å²) in [6, 6.07) is 2.04. The summed E-state index contributed by atoms with van der Waals surface area (Å²) in [5.74, 6) is 0. The predicted octanol–water partition coefficient (Wildman–Crippen LogP) is 2.57. The van der Waals surface area contributed by atoms with Gasteiger partial charge in [-0.15, -0.1) is 0 Å². The van der Waals surface area contributed by atoms with Crippen LogP contribution in [0.3, 0.4) is 0 Å². The van der Waals surface area contributed by atoms with Crippen LogP contribution in [0.15, 0.2) is 0 Å². The van der Waals surface area contributed by atoms with E-state index in [1.165, 1.54) is 45.4 Å². The molecule has 0 atom stereocenters. The van der Waals surface area contributed by atoms with Crippen LogP contribution in [-0.2, 0) is 0 Å². The lowest BCUT2D eigenvalue weighted by atomic mass is 10.0. The first-order valence-electron chi connectivity index (χ1n) is 8.26. The summed E-state index contributed by atoms with van der Waals surface area (Å²) >= 11 is 0. The van der Waals surface area contributed by atoms with Gasteiger partial charge in [0.25, 0.3) is 0 Å². The highest BCUT2D eigenvalue weighted by Crippen LogP contribution is 2.10. The number of hydrogen-bond acceptors (Lipinski definition) is 3. The molecule has 1 fully saturated rings. The van der Waals surface area contributed by atoms with E-state index in [0.29, 0.717) is 12.1 Å². The van der Waals surface area contributed by atoms with Gasteiger partial charge in [-0.05, 0) is 66.6 Å². The van der Waals surface area contributed by atoms with Gasteiger partial charge in [0, 0.05) is 31.2 Å². The Kier molecular flexibility index (Phi) is 7.96. The highest BCUT2D eigenvalue weighted by atomic mass is 15.2. The molecule has 1 saturated heterocycles. The maximum atomic E-state index is 3.76. The van der Waals surface area contributed by atoms with Gasteiger partial charge in [0.05, 0.1) is 0 Å². The molecule has 0 spiro atoms. The van der Waals surface area contributed by atoms with Gasteiger partial charge in [-0.25, -0.2) is 0 Å². The van der Waals surface area contributed by atoms with E-state index in [9.17, 15) is 0 Å². The fourth-order valence-electron chi connectivity index (χ4n) is 3.19. The van der Waals surface area contributed by atoms with Crippen molar-refractivity contribution < 1.29 is 0 Å². The van der Waals surface area contributed by atoms with Crippen LogP contribution in [0.1, 0.15) is 53.9 Å². The van der Waals surface area contributed by atoms with E-state index >= 15 is 0 Å². The number of hydrogen-bond donors (Lipinski definition) is 1. The van der Waals surface area contributed by atoms with Crippen LogP contribution >= 0.6 is 0 Å². The van der Waals surface area contributed by atoms with E-state index in [0.717, 1.165) is 12.6 Å². The molecule has 1 N–H and O–H groups in total. The molecular formula is C16H35N3. The number of rotatable bonds is 8. The molecule has 1 rings (SSSR count). The molecule has 1 aliphatic heterocycles. The van der Waals surface area contributed by atoms with E-state index in [4.69, 9.17) is 0 Å². The van der Waals surface area contributed by atoms with Gasteiger partial charge in [0.1, 0.15) is 0 Å². The molecule has 0 aromatic rings. The van der Waals surface area contributed by atoms with Gasteiger partial charge >= 0.3 is 0 Å². The molecule has 19 heavy (non-hydrogen) atoms. The van der Waals surface area contributed by atoms with Crippen molar-refractivity contribution in [2.75, 3.05) is 32.7 Å². The lowest BCUT2D eigenvalue weighted by Crippen LogP contribution is -2.46. The Hall–Kier alpha value is -0.120. The molecule has 1 aliphatic rings. The third-order valence-corrected chi connectivity index (χ3v) is 4.26. The number of piperidine rings is 1. The van der Waals surface area contributed by atoms with E-state index in [1.807, 2.05) is 0 Å². The van der Waals surface area contributed by atoms with E-state index in [-0.39, 0.29) is 0 Å². The summed E-state index contributed by atoms with van der Waals surface area (Å²) in [5.41, 5.74) is 0. The molecule has 1 heterocycles. The molecule has 0 bridgehead atoms. The van der Waals surface area contributed by atoms with Crippen LogP contribution in [0.4, 0.5) is 0 Å². The van der Waals surface area contributed by atoms with Crippen LogP contribution < -0.4 is 5.32 Å². The maximum absolute atomic E-state index is 3.76. The molecular weight excluding hydrogens is 234 g/mol. The van der Waals surface area contributed by atoms with Crippen LogP contribution in [-0.4, -0.2) is 60.6 Å². The van der Waals surface area contributed by atoms with Crippen molar-refractivity contribution in [3.63, 3.8) is 0 Å². The SMILES string of the molecule is CCCN1CCC(NCCN(C(C)C)C(C)C)CC1. The fraction of sp³-hybridized carbons (Fsp3) is 1.00. The monoisotopic (exact) mass is 269 g/mol. The van der Waals surface area contributed by atoms with Gasteiger partial charge in [-0.2, -0.15) is 0 Å². The van der Waals surface area contributed by atoms with Crippen molar-refractivity contribution in [3.05, 3.63) is 0 Å².